The van der Waals surface area contributed by atoms with Crippen molar-refractivity contribution in [3.8, 4) is 5.75 Å². The van der Waals surface area contributed by atoms with Crippen molar-refractivity contribution in [2.24, 2.45) is 0 Å². The molecule has 6 heteroatoms. The number of ether oxygens (including phenoxy) is 1. The quantitative estimate of drug-likeness (QED) is 0.753. The maximum absolute atomic E-state index is 12.4. The second kappa shape index (κ2) is 5.70. The number of pyridine rings is 1. The van der Waals surface area contributed by atoms with Crippen molar-refractivity contribution in [1.29, 1.82) is 0 Å². The highest BCUT2D eigenvalue weighted by Crippen LogP contribution is 2.24. The third kappa shape index (κ3) is 2.82. The number of fused-ring (bicyclic) bond motifs is 2. The number of imidazole rings is 1. The van der Waals surface area contributed by atoms with E-state index in [1.165, 1.54) is 0 Å². The normalized spacial score (nSPS) is 16.7. The van der Waals surface area contributed by atoms with Crippen LogP contribution in [0.4, 0.5) is 0 Å². The van der Waals surface area contributed by atoms with E-state index in [0.717, 1.165) is 27.9 Å². The van der Waals surface area contributed by atoms with E-state index >= 15 is 0 Å². The first-order valence-corrected chi connectivity index (χ1v) is 8.14. The van der Waals surface area contributed by atoms with Crippen LogP contribution < -0.4 is 10.1 Å². The Morgan fingerprint density at radius 1 is 1.26 bits per heavy atom. The van der Waals surface area contributed by atoms with Crippen molar-refractivity contribution in [1.82, 2.24) is 14.7 Å². The lowest BCUT2D eigenvalue weighted by molar-refractivity contribution is 0.0911. The van der Waals surface area contributed by atoms with Crippen molar-refractivity contribution in [3.63, 3.8) is 0 Å². The van der Waals surface area contributed by atoms with E-state index in [-0.39, 0.29) is 11.9 Å². The van der Waals surface area contributed by atoms with Crippen molar-refractivity contribution >= 4 is 27.5 Å². The van der Waals surface area contributed by atoms with Gasteiger partial charge in [0.2, 0.25) is 0 Å². The van der Waals surface area contributed by atoms with E-state index in [1.54, 1.807) is 6.20 Å². The molecule has 4 rings (SSSR count). The van der Waals surface area contributed by atoms with Gasteiger partial charge in [-0.05, 0) is 46.1 Å². The van der Waals surface area contributed by atoms with Gasteiger partial charge in [-0.15, -0.1) is 0 Å². The lowest BCUT2D eigenvalue weighted by Crippen LogP contribution is -2.42. The number of nitrogens with one attached hydrogen (secondary N) is 1. The molecule has 116 valence electrons. The Balaban J connectivity index is 1.51. The molecular formula is C17H14BrN3O2. The van der Waals surface area contributed by atoms with Crippen molar-refractivity contribution in [3.05, 3.63) is 64.5 Å². The summed E-state index contributed by atoms with van der Waals surface area (Å²) in [6.45, 7) is 0.474. The monoisotopic (exact) mass is 371 g/mol. The van der Waals surface area contributed by atoms with Crippen LogP contribution in [0.2, 0.25) is 0 Å². The van der Waals surface area contributed by atoms with Gasteiger partial charge in [0.15, 0.2) is 0 Å². The molecule has 0 spiro atoms. The Labute approximate surface area is 141 Å². The Morgan fingerprint density at radius 3 is 3.04 bits per heavy atom. The van der Waals surface area contributed by atoms with Crippen LogP contribution in [0.5, 0.6) is 5.75 Å². The molecule has 0 radical (unpaired) electrons. The second-order valence-corrected chi connectivity index (χ2v) is 6.45. The highest BCUT2D eigenvalue weighted by molar-refractivity contribution is 9.10. The van der Waals surface area contributed by atoms with Crippen LogP contribution in [0.25, 0.3) is 5.65 Å². The molecule has 1 aliphatic heterocycles. The Morgan fingerprint density at radius 2 is 2.13 bits per heavy atom. The summed E-state index contributed by atoms with van der Waals surface area (Å²) in [5.74, 6) is 0.716. The minimum absolute atomic E-state index is 0.0473. The molecule has 1 aromatic carbocycles. The lowest BCUT2D eigenvalue weighted by atomic mass is 10.0. The highest BCUT2D eigenvalue weighted by Gasteiger charge is 2.22. The Bertz CT molecular complexity index is 890. The third-order valence-corrected chi connectivity index (χ3v) is 4.33. The van der Waals surface area contributed by atoms with Crippen molar-refractivity contribution < 1.29 is 9.53 Å². The summed E-state index contributed by atoms with van der Waals surface area (Å²) in [6.07, 6.45) is 4.37. The van der Waals surface area contributed by atoms with E-state index in [4.69, 9.17) is 4.74 Å². The summed E-state index contributed by atoms with van der Waals surface area (Å²) in [5, 5.41) is 3.00. The molecule has 1 aliphatic rings. The number of hydrogen-bond donors (Lipinski definition) is 1. The fourth-order valence-corrected chi connectivity index (χ4v) is 3.11. The van der Waals surface area contributed by atoms with Gasteiger partial charge in [-0.2, -0.15) is 0 Å². The maximum atomic E-state index is 12.4. The largest absolute Gasteiger partial charge is 0.491 e. The predicted octanol–water partition coefficient (Wildman–Crippen LogP) is 2.83. The van der Waals surface area contributed by atoms with Gasteiger partial charge in [0.1, 0.15) is 23.7 Å². The molecule has 0 unspecified atom stereocenters. The minimum Gasteiger partial charge on any atom is -0.491 e. The average molecular weight is 372 g/mol. The first-order chi connectivity index (χ1) is 11.2. The van der Waals surface area contributed by atoms with E-state index in [0.29, 0.717) is 12.3 Å². The minimum atomic E-state index is -0.183. The van der Waals surface area contributed by atoms with Gasteiger partial charge in [-0.1, -0.05) is 18.2 Å². The lowest BCUT2D eigenvalue weighted by Gasteiger charge is -2.25. The summed E-state index contributed by atoms with van der Waals surface area (Å²) in [7, 11) is 0. The zero-order valence-electron chi connectivity index (χ0n) is 12.2. The number of rotatable bonds is 2. The Hall–Kier alpha value is -2.34. The molecule has 3 heterocycles. The number of para-hydroxylation sites is 1. The molecule has 0 saturated carbocycles. The van der Waals surface area contributed by atoms with Crippen LogP contribution in [0, 0.1) is 0 Å². The average Bonchev–Trinajstić information content (AvgIpc) is 2.98. The Kier molecular flexibility index (Phi) is 3.53. The highest BCUT2D eigenvalue weighted by atomic mass is 79.9. The standard InChI is InChI=1S/C17H14BrN3O2/c18-12-5-6-16-20-14(9-21(16)8-12)17(22)19-13-7-11-3-1-2-4-15(11)23-10-13/h1-6,8-9,13H,7,10H2,(H,19,22)/t13-/m1/s1. The van der Waals surface area contributed by atoms with Crippen LogP contribution in [0.3, 0.4) is 0 Å². The fourth-order valence-electron chi connectivity index (χ4n) is 2.75. The number of hydrogen-bond acceptors (Lipinski definition) is 3. The maximum Gasteiger partial charge on any atom is 0.271 e. The summed E-state index contributed by atoms with van der Waals surface area (Å²) >= 11 is 3.41. The number of halogens is 1. The molecule has 1 amide bonds. The summed E-state index contributed by atoms with van der Waals surface area (Å²) in [6, 6.07) is 11.6. The third-order valence-electron chi connectivity index (χ3n) is 3.86. The van der Waals surface area contributed by atoms with E-state index in [1.807, 2.05) is 47.0 Å². The second-order valence-electron chi connectivity index (χ2n) is 5.53. The number of amides is 1. The predicted molar refractivity (Wildman–Crippen MR) is 89.8 cm³/mol. The molecule has 23 heavy (non-hydrogen) atoms. The van der Waals surface area contributed by atoms with Crippen LogP contribution >= 0.6 is 15.9 Å². The van der Waals surface area contributed by atoms with Gasteiger partial charge in [-0.25, -0.2) is 4.98 Å². The molecule has 5 nitrogen and oxygen atoms in total. The zero-order valence-corrected chi connectivity index (χ0v) is 13.8. The number of benzene rings is 1. The van der Waals surface area contributed by atoms with Gasteiger partial charge in [-0.3, -0.25) is 4.79 Å². The first-order valence-electron chi connectivity index (χ1n) is 7.35. The SMILES string of the molecule is O=C(N[C@H]1COc2ccccc2C1)c1cn2cc(Br)ccc2n1. The van der Waals surface area contributed by atoms with Crippen LogP contribution in [0.15, 0.2) is 53.3 Å². The van der Waals surface area contributed by atoms with Crippen molar-refractivity contribution in [2.75, 3.05) is 6.61 Å². The van der Waals surface area contributed by atoms with Crippen LogP contribution in [0.1, 0.15) is 16.1 Å². The summed E-state index contributed by atoms with van der Waals surface area (Å²) < 4.78 is 8.46. The fraction of sp³-hybridized carbons (Fsp3) is 0.176. The molecule has 3 aromatic rings. The van der Waals surface area contributed by atoms with Gasteiger partial charge in [0.05, 0.1) is 6.04 Å². The van der Waals surface area contributed by atoms with Gasteiger partial charge < -0.3 is 14.5 Å². The van der Waals surface area contributed by atoms with Gasteiger partial charge >= 0.3 is 0 Å². The van der Waals surface area contributed by atoms with E-state index in [9.17, 15) is 4.79 Å². The molecule has 1 N–H and O–H groups in total. The van der Waals surface area contributed by atoms with E-state index in [2.05, 4.69) is 26.2 Å². The van der Waals surface area contributed by atoms with Crippen LogP contribution in [-0.2, 0) is 6.42 Å². The first kappa shape index (κ1) is 14.3. The van der Waals surface area contributed by atoms with Crippen molar-refractivity contribution in [2.45, 2.75) is 12.5 Å². The molecule has 0 aliphatic carbocycles. The van der Waals surface area contributed by atoms with E-state index < -0.39 is 0 Å². The molecule has 0 saturated heterocycles. The number of nitrogens with zero attached hydrogens (tertiary/aromatic N) is 2. The number of carbonyl (C=O) groups is 1. The van der Waals surface area contributed by atoms with Gasteiger partial charge in [0, 0.05) is 16.9 Å². The topological polar surface area (TPSA) is 55.6 Å². The molecule has 0 fully saturated rings. The number of aromatic nitrogens is 2. The molecule has 0 bridgehead atoms. The summed E-state index contributed by atoms with van der Waals surface area (Å²) in [5.41, 5.74) is 2.26. The van der Waals surface area contributed by atoms with Gasteiger partial charge in [0.25, 0.3) is 5.91 Å². The van der Waals surface area contributed by atoms with Crippen LogP contribution in [-0.4, -0.2) is 27.9 Å². The summed E-state index contributed by atoms with van der Waals surface area (Å²) in [4.78, 5) is 16.8. The molecule has 1 atom stereocenters. The number of carbonyl (C=O) groups excluding carboxylic acids is 1. The zero-order chi connectivity index (χ0) is 15.8. The molecular weight excluding hydrogens is 358 g/mol. The smallest absolute Gasteiger partial charge is 0.271 e. The molecule has 2 aromatic heterocycles.